The van der Waals surface area contributed by atoms with Crippen LogP contribution < -0.4 is 26.4 Å². The molecule has 12 rings (SSSR count). The predicted molar refractivity (Wildman–Crippen MR) is 328 cm³/mol. The van der Waals surface area contributed by atoms with E-state index < -0.39 is 0 Å². The molecule has 0 N–H and O–H groups in total. The zero-order valence-electron chi connectivity index (χ0n) is 50.1. The molecule has 0 atom stereocenters. The molecule has 1 aromatic heterocycles. The molecule has 0 spiro atoms. The topological polar surface area (TPSA) is 19.6 Å². The first kappa shape index (κ1) is 51.3. The summed E-state index contributed by atoms with van der Waals surface area (Å²) in [6, 6.07) is 39.4. The maximum atomic E-state index is 7.80. The third-order valence-electron chi connectivity index (χ3n) is 20.4. The maximum Gasteiger partial charge on any atom is 0.297 e. The zero-order chi connectivity index (χ0) is 54.4. The smallest absolute Gasteiger partial charge is 0.297 e. The molecule has 0 saturated carbocycles. The predicted octanol–water partition coefficient (Wildman–Crippen LogP) is 18.0. The van der Waals surface area contributed by atoms with Gasteiger partial charge in [-0.3, -0.25) is 0 Å². The molecular weight excluding hydrogens is 920 g/mol. The molecule has 0 unspecified atom stereocenters. The number of hydrogen-bond donors (Lipinski definition) is 0. The van der Waals surface area contributed by atoms with Gasteiger partial charge in [0, 0.05) is 34.7 Å². The van der Waals surface area contributed by atoms with Crippen LogP contribution in [0.5, 0.6) is 0 Å². The number of aryl methyl sites for hydroxylation is 1. The Hall–Kier alpha value is -5.48. The lowest BCUT2D eigenvalue weighted by Gasteiger charge is -2.46. The number of furan rings is 1. The summed E-state index contributed by atoms with van der Waals surface area (Å²) in [7, 11) is 0. The van der Waals surface area contributed by atoms with Gasteiger partial charge in [0.25, 0.3) is 6.71 Å². The standard InChI is InChI=1S/C72H87BN2O/c1-43-33-50-54(71(16,17)31-27-67(50,8)9)40-58(43)75-60-37-47(66(5,6)7)36-59-62(60)73(64-63(75)49-39-53-55(41-61(49)76-64)72(18,19)32-30-70(53,14)15)56-35-46(65(2,3)4)25-26-57(56)74(59)42-45-34-51-52(69(12,13)29-28-68(51,10)11)38-48(45)44-23-21-20-22-24-44/h20-26,33-41H,27-32,42H2,1-19H3. The van der Waals surface area contributed by atoms with Crippen molar-refractivity contribution in [2.75, 3.05) is 9.80 Å². The van der Waals surface area contributed by atoms with Crippen LogP contribution in [0.1, 0.15) is 219 Å². The fourth-order valence-electron chi connectivity index (χ4n) is 14.7. The van der Waals surface area contributed by atoms with Gasteiger partial charge in [0.1, 0.15) is 5.58 Å². The van der Waals surface area contributed by atoms with Crippen LogP contribution in [-0.2, 0) is 49.9 Å². The van der Waals surface area contributed by atoms with Crippen molar-refractivity contribution in [3.05, 3.63) is 153 Å². The summed E-state index contributed by atoms with van der Waals surface area (Å²) in [6.07, 6.45) is 7.01. The van der Waals surface area contributed by atoms with Gasteiger partial charge in [-0.2, -0.15) is 0 Å². The van der Waals surface area contributed by atoms with E-state index in [-0.39, 0.29) is 50.0 Å². The van der Waals surface area contributed by atoms with Crippen LogP contribution >= 0.6 is 0 Å². The largest absolute Gasteiger partial charge is 0.468 e. The van der Waals surface area contributed by atoms with Gasteiger partial charge in [0.15, 0.2) is 0 Å². The third kappa shape index (κ3) is 7.77. The molecule has 0 fully saturated rings. The molecule has 4 heteroatoms. The van der Waals surface area contributed by atoms with E-state index >= 15 is 0 Å². The van der Waals surface area contributed by atoms with Gasteiger partial charge in [-0.25, -0.2) is 0 Å². The van der Waals surface area contributed by atoms with E-state index in [4.69, 9.17) is 4.42 Å². The van der Waals surface area contributed by atoms with Crippen molar-refractivity contribution in [1.29, 1.82) is 0 Å². The first-order chi connectivity index (χ1) is 35.3. The molecule has 394 valence electrons. The van der Waals surface area contributed by atoms with Crippen LogP contribution in [0.3, 0.4) is 0 Å². The highest BCUT2D eigenvalue weighted by Crippen LogP contribution is 2.55. The third-order valence-corrected chi connectivity index (χ3v) is 20.4. The number of hydrogen-bond acceptors (Lipinski definition) is 3. The first-order valence-corrected chi connectivity index (χ1v) is 29.2. The van der Waals surface area contributed by atoms with E-state index in [0.29, 0.717) is 0 Å². The van der Waals surface area contributed by atoms with Gasteiger partial charge >= 0.3 is 0 Å². The summed E-state index contributed by atoms with van der Waals surface area (Å²) in [6.45, 7) is 47.0. The summed E-state index contributed by atoms with van der Waals surface area (Å²) in [5.41, 5.74) is 28.1. The van der Waals surface area contributed by atoms with Gasteiger partial charge in [0.2, 0.25) is 0 Å². The van der Waals surface area contributed by atoms with E-state index in [1.165, 1.54) is 131 Å². The molecule has 0 amide bonds. The highest BCUT2D eigenvalue weighted by atomic mass is 16.3. The second kappa shape index (κ2) is 16.3. The van der Waals surface area contributed by atoms with Crippen molar-refractivity contribution in [1.82, 2.24) is 0 Å². The number of fused-ring (bicyclic) bond motifs is 9. The van der Waals surface area contributed by atoms with Crippen LogP contribution in [0, 0.1) is 6.92 Å². The van der Waals surface area contributed by atoms with E-state index in [1.54, 1.807) is 0 Å². The average molecular weight is 1010 g/mol. The van der Waals surface area contributed by atoms with Gasteiger partial charge in [-0.1, -0.05) is 179 Å². The lowest BCUT2D eigenvalue weighted by molar-refractivity contribution is 0.331. The lowest BCUT2D eigenvalue weighted by Crippen LogP contribution is -2.61. The highest BCUT2D eigenvalue weighted by molar-refractivity contribution is 6.99. The summed E-state index contributed by atoms with van der Waals surface area (Å²) in [5, 5.41) is 1.23. The van der Waals surface area contributed by atoms with E-state index in [1.807, 2.05) is 0 Å². The molecule has 6 aromatic carbocycles. The number of nitrogens with zero attached hydrogens (tertiary/aromatic N) is 2. The van der Waals surface area contributed by atoms with Crippen molar-refractivity contribution in [3.63, 3.8) is 0 Å². The normalized spacial score (nSPS) is 20.1. The second-order valence-electron chi connectivity index (χ2n) is 30.7. The molecule has 0 radical (unpaired) electrons. The number of rotatable bonds is 4. The van der Waals surface area contributed by atoms with Crippen LogP contribution in [-0.4, -0.2) is 6.71 Å². The molecule has 76 heavy (non-hydrogen) atoms. The quantitative estimate of drug-likeness (QED) is 0.164. The van der Waals surface area contributed by atoms with Crippen LogP contribution in [0.25, 0.3) is 22.1 Å². The van der Waals surface area contributed by atoms with Crippen molar-refractivity contribution >= 4 is 62.7 Å². The molecular formula is C72H87BN2O. The van der Waals surface area contributed by atoms with E-state index in [2.05, 4.69) is 238 Å². The van der Waals surface area contributed by atoms with E-state index in [9.17, 15) is 0 Å². The van der Waals surface area contributed by atoms with Crippen LogP contribution in [0.2, 0.25) is 0 Å². The molecule has 3 heterocycles. The maximum absolute atomic E-state index is 7.80. The van der Waals surface area contributed by atoms with Gasteiger partial charge in [0.05, 0.1) is 11.3 Å². The van der Waals surface area contributed by atoms with Crippen molar-refractivity contribution in [2.45, 2.75) is 220 Å². The summed E-state index contributed by atoms with van der Waals surface area (Å²) in [4.78, 5) is 5.46. The Kier molecular flexibility index (Phi) is 11.0. The van der Waals surface area contributed by atoms with Crippen molar-refractivity contribution < 1.29 is 4.42 Å². The Morgan fingerprint density at radius 2 is 0.987 bits per heavy atom. The fraction of sp³-hybridized carbons (Fsp3) is 0.472. The second-order valence-corrected chi connectivity index (χ2v) is 30.7. The fourth-order valence-corrected chi connectivity index (χ4v) is 14.7. The Balaban J connectivity index is 1.21. The molecule has 3 nitrogen and oxygen atoms in total. The Morgan fingerprint density at radius 1 is 0.487 bits per heavy atom. The number of anilines is 5. The van der Waals surface area contributed by atoms with E-state index in [0.717, 1.165) is 37.0 Å². The van der Waals surface area contributed by atoms with Crippen LogP contribution in [0.15, 0.2) is 101 Å². The Labute approximate surface area is 458 Å². The minimum atomic E-state index is -0.143. The number of benzene rings is 6. The molecule has 5 aliphatic rings. The molecule has 0 bridgehead atoms. The summed E-state index contributed by atoms with van der Waals surface area (Å²) >= 11 is 0. The first-order valence-electron chi connectivity index (χ1n) is 29.2. The molecule has 7 aromatic rings. The SMILES string of the molecule is Cc1cc2c(cc1N1c3cc(C(C)(C)C)cc4c3B(c3cc(C(C)(C)C)ccc3N4Cc3cc4c(cc3-c3ccccc3)C(C)(C)CCC4(C)C)c3oc4cc5c(cc4c31)C(C)(C)CCC5(C)C)C(C)(C)CCC2(C)C. The average Bonchev–Trinajstić information content (AvgIpc) is 3.72. The molecule has 2 aliphatic heterocycles. The summed E-state index contributed by atoms with van der Waals surface area (Å²) in [5.74, 6) is 0. The Bertz CT molecular complexity index is 3560. The Morgan fingerprint density at radius 3 is 1.55 bits per heavy atom. The highest BCUT2D eigenvalue weighted by Gasteiger charge is 2.50. The lowest BCUT2D eigenvalue weighted by atomic mass is 9.35. The monoisotopic (exact) mass is 1010 g/mol. The minimum absolute atomic E-state index is 0.0303. The minimum Gasteiger partial charge on any atom is -0.468 e. The summed E-state index contributed by atoms with van der Waals surface area (Å²) < 4.78 is 7.80. The van der Waals surface area contributed by atoms with Gasteiger partial charge < -0.3 is 14.2 Å². The van der Waals surface area contributed by atoms with Gasteiger partial charge in [-0.15, -0.1) is 0 Å². The van der Waals surface area contributed by atoms with Crippen LogP contribution in [0.4, 0.5) is 28.4 Å². The zero-order valence-corrected chi connectivity index (χ0v) is 50.1. The van der Waals surface area contributed by atoms with Crippen molar-refractivity contribution in [3.8, 4) is 11.1 Å². The van der Waals surface area contributed by atoms with Gasteiger partial charge in [-0.05, 0) is 209 Å². The molecule has 3 aliphatic carbocycles. The van der Waals surface area contributed by atoms with Crippen molar-refractivity contribution in [2.24, 2.45) is 0 Å². The molecule has 0 saturated heterocycles.